The van der Waals surface area contributed by atoms with Gasteiger partial charge >= 0.3 is 6.03 Å². The van der Waals surface area contributed by atoms with Crippen LogP contribution in [0, 0.1) is 0 Å². The number of nitrogens with zero attached hydrogens (tertiary/aromatic N) is 1. The van der Waals surface area contributed by atoms with Crippen molar-refractivity contribution in [2.24, 2.45) is 10.8 Å². The van der Waals surface area contributed by atoms with Gasteiger partial charge in [0.15, 0.2) is 0 Å². The summed E-state index contributed by atoms with van der Waals surface area (Å²) >= 11 is 0. The minimum Gasteiger partial charge on any atom is -0.350 e. The SMILES string of the molecule is CC(CCc1cccc2c1CCCC2)=NNC(N)=O. The summed E-state index contributed by atoms with van der Waals surface area (Å²) in [5.41, 5.74) is 12.6. The zero-order chi connectivity index (χ0) is 13.7. The smallest absolute Gasteiger partial charge is 0.332 e. The predicted molar refractivity (Wildman–Crippen MR) is 77.2 cm³/mol. The molecule has 3 N–H and O–H groups in total. The van der Waals surface area contributed by atoms with Crippen molar-refractivity contribution in [2.75, 3.05) is 0 Å². The Morgan fingerprint density at radius 3 is 2.95 bits per heavy atom. The van der Waals surface area contributed by atoms with Crippen LogP contribution in [0.25, 0.3) is 0 Å². The van der Waals surface area contributed by atoms with E-state index in [0.29, 0.717) is 0 Å². The van der Waals surface area contributed by atoms with Crippen LogP contribution in [0.4, 0.5) is 4.79 Å². The Bertz CT molecular complexity index is 494. The van der Waals surface area contributed by atoms with Crippen molar-refractivity contribution in [3.8, 4) is 0 Å². The summed E-state index contributed by atoms with van der Waals surface area (Å²) in [6.07, 6.45) is 6.82. The third-order valence-corrected chi connectivity index (χ3v) is 3.61. The molecule has 1 aromatic carbocycles. The Morgan fingerprint density at radius 1 is 1.37 bits per heavy atom. The van der Waals surface area contributed by atoms with Crippen LogP contribution in [0.15, 0.2) is 23.3 Å². The van der Waals surface area contributed by atoms with Crippen molar-refractivity contribution in [1.82, 2.24) is 5.43 Å². The molecule has 2 rings (SSSR count). The molecule has 1 aromatic rings. The third-order valence-electron chi connectivity index (χ3n) is 3.61. The maximum absolute atomic E-state index is 10.6. The molecule has 0 unspecified atom stereocenters. The first kappa shape index (κ1) is 13.6. The molecule has 2 amide bonds. The number of primary amides is 1. The zero-order valence-electron chi connectivity index (χ0n) is 11.4. The van der Waals surface area contributed by atoms with Crippen molar-refractivity contribution in [2.45, 2.75) is 45.4 Å². The van der Waals surface area contributed by atoms with Crippen LogP contribution in [0.1, 0.15) is 42.9 Å². The number of benzene rings is 1. The Kier molecular flexibility index (Phi) is 4.55. The second-order valence-corrected chi connectivity index (χ2v) is 5.09. The van der Waals surface area contributed by atoms with Gasteiger partial charge in [-0.25, -0.2) is 10.2 Å². The van der Waals surface area contributed by atoms with Crippen LogP contribution in [-0.2, 0) is 19.3 Å². The van der Waals surface area contributed by atoms with Gasteiger partial charge in [0.05, 0.1) is 0 Å². The Balaban J connectivity index is 2.00. The van der Waals surface area contributed by atoms with Crippen LogP contribution in [-0.4, -0.2) is 11.7 Å². The maximum atomic E-state index is 10.6. The quantitative estimate of drug-likeness (QED) is 0.633. The second-order valence-electron chi connectivity index (χ2n) is 5.09. The fourth-order valence-electron chi connectivity index (χ4n) is 2.62. The third kappa shape index (κ3) is 3.81. The van der Waals surface area contributed by atoms with Gasteiger partial charge in [0.25, 0.3) is 0 Å². The van der Waals surface area contributed by atoms with Gasteiger partial charge in [-0.05, 0) is 62.1 Å². The molecule has 0 bridgehead atoms. The van der Waals surface area contributed by atoms with Crippen LogP contribution < -0.4 is 11.2 Å². The van der Waals surface area contributed by atoms with Crippen molar-refractivity contribution >= 4 is 11.7 Å². The molecular formula is C15H21N3O. The number of aryl methyl sites for hydroxylation is 2. The summed E-state index contributed by atoms with van der Waals surface area (Å²) in [4.78, 5) is 10.6. The number of urea groups is 1. The number of carbonyl (C=O) groups excluding carboxylic acids is 1. The molecule has 0 aliphatic heterocycles. The molecule has 0 saturated carbocycles. The number of hydrogen-bond donors (Lipinski definition) is 2. The molecule has 1 aliphatic carbocycles. The van der Waals surface area contributed by atoms with E-state index in [0.717, 1.165) is 18.6 Å². The number of nitrogens with one attached hydrogen (secondary N) is 1. The number of rotatable bonds is 4. The highest BCUT2D eigenvalue weighted by molar-refractivity contribution is 5.83. The highest BCUT2D eigenvalue weighted by Crippen LogP contribution is 2.25. The number of hydrazone groups is 1. The van der Waals surface area contributed by atoms with E-state index >= 15 is 0 Å². The van der Waals surface area contributed by atoms with Crippen molar-refractivity contribution < 1.29 is 4.79 Å². The Morgan fingerprint density at radius 2 is 2.16 bits per heavy atom. The fourth-order valence-corrected chi connectivity index (χ4v) is 2.62. The van der Waals surface area contributed by atoms with Crippen molar-refractivity contribution in [3.05, 3.63) is 34.9 Å². The van der Waals surface area contributed by atoms with Gasteiger partial charge in [-0.1, -0.05) is 18.2 Å². The van der Waals surface area contributed by atoms with E-state index in [1.165, 1.54) is 42.4 Å². The number of amides is 2. The lowest BCUT2D eigenvalue weighted by Crippen LogP contribution is -2.25. The minimum atomic E-state index is -0.614. The Labute approximate surface area is 114 Å². The lowest BCUT2D eigenvalue weighted by Gasteiger charge is -2.19. The molecule has 1 aliphatic rings. The van der Waals surface area contributed by atoms with Gasteiger partial charge in [0.2, 0.25) is 0 Å². The topological polar surface area (TPSA) is 67.5 Å². The van der Waals surface area contributed by atoms with E-state index in [4.69, 9.17) is 5.73 Å². The molecule has 0 radical (unpaired) electrons. The highest BCUT2D eigenvalue weighted by Gasteiger charge is 2.12. The minimum absolute atomic E-state index is 0.614. The van der Waals surface area contributed by atoms with Gasteiger partial charge in [0, 0.05) is 5.71 Å². The average Bonchev–Trinajstić information content (AvgIpc) is 2.42. The standard InChI is InChI=1S/C15H21N3O/c1-11(17-18-15(16)19)9-10-13-7-4-6-12-5-2-3-8-14(12)13/h4,6-7H,2-3,5,8-10H2,1H3,(H3,16,18,19). The first-order valence-electron chi connectivity index (χ1n) is 6.85. The zero-order valence-corrected chi connectivity index (χ0v) is 11.4. The largest absolute Gasteiger partial charge is 0.350 e. The van der Waals surface area contributed by atoms with E-state index < -0.39 is 6.03 Å². The molecule has 0 spiro atoms. The first-order valence-corrected chi connectivity index (χ1v) is 6.85. The van der Waals surface area contributed by atoms with Gasteiger partial charge in [0.1, 0.15) is 0 Å². The normalized spacial score (nSPS) is 14.9. The van der Waals surface area contributed by atoms with Crippen LogP contribution in [0.3, 0.4) is 0 Å². The van der Waals surface area contributed by atoms with Crippen LogP contribution >= 0.6 is 0 Å². The molecule has 4 heteroatoms. The molecule has 19 heavy (non-hydrogen) atoms. The average molecular weight is 259 g/mol. The van der Waals surface area contributed by atoms with Gasteiger partial charge in [-0.15, -0.1) is 0 Å². The summed E-state index contributed by atoms with van der Waals surface area (Å²) in [7, 11) is 0. The number of hydrogen-bond acceptors (Lipinski definition) is 2. The molecule has 0 saturated heterocycles. The van der Waals surface area contributed by atoms with Gasteiger partial charge < -0.3 is 5.73 Å². The summed E-state index contributed by atoms with van der Waals surface area (Å²) in [5.74, 6) is 0. The molecule has 0 aromatic heterocycles. The Hall–Kier alpha value is -1.84. The fraction of sp³-hybridized carbons (Fsp3) is 0.467. The monoisotopic (exact) mass is 259 g/mol. The molecule has 102 valence electrons. The molecule has 0 heterocycles. The van der Waals surface area contributed by atoms with Crippen molar-refractivity contribution in [3.63, 3.8) is 0 Å². The summed E-state index contributed by atoms with van der Waals surface area (Å²) in [6.45, 7) is 1.91. The van der Waals surface area contributed by atoms with Gasteiger partial charge in [-0.3, -0.25) is 0 Å². The number of nitrogens with two attached hydrogens (primary N) is 1. The molecule has 4 nitrogen and oxygen atoms in total. The second kappa shape index (κ2) is 6.36. The molecular weight excluding hydrogens is 238 g/mol. The lowest BCUT2D eigenvalue weighted by atomic mass is 9.87. The van der Waals surface area contributed by atoms with E-state index in [-0.39, 0.29) is 0 Å². The summed E-state index contributed by atoms with van der Waals surface area (Å²) in [6, 6.07) is 5.98. The maximum Gasteiger partial charge on any atom is 0.332 e. The lowest BCUT2D eigenvalue weighted by molar-refractivity contribution is 0.249. The summed E-state index contributed by atoms with van der Waals surface area (Å²) < 4.78 is 0. The number of carbonyl (C=O) groups is 1. The van der Waals surface area contributed by atoms with E-state index in [1.807, 2.05) is 6.92 Å². The summed E-state index contributed by atoms with van der Waals surface area (Å²) in [5, 5.41) is 3.94. The van der Waals surface area contributed by atoms with E-state index in [1.54, 1.807) is 0 Å². The van der Waals surface area contributed by atoms with E-state index in [9.17, 15) is 4.79 Å². The van der Waals surface area contributed by atoms with Crippen LogP contribution in [0.5, 0.6) is 0 Å². The number of fused-ring (bicyclic) bond motifs is 1. The van der Waals surface area contributed by atoms with Crippen LogP contribution in [0.2, 0.25) is 0 Å². The van der Waals surface area contributed by atoms with E-state index in [2.05, 4.69) is 28.7 Å². The van der Waals surface area contributed by atoms with Crippen molar-refractivity contribution in [1.29, 1.82) is 0 Å². The van der Waals surface area contributed by atoms with Gasteiger partial charge in [-0.2, -0.15) is 5.10 Å². The molecule has 0 fully saturated rings. The highest BCUT2D eigenvalue weighted by atomic mass is 16.2. The molecule has 0 atom stereocenters. The predicted octanol–water partition coefficient (Wildman–Crippen LogP) is 2.54. The first-order chi connectivity index (χ1) is 9.16.